The normalized spacial score (nSPS) is 28.4. The van der Waals surface area contributed by atoms with Gasteiger partial charge in [0.1, 0.15) is 0 Å². The fraction of sp³-hybridized carbons (Fsp3) is 0.588. The molecule has 1 aromatic rings. The van der Waals surface area contributed by atoms with Crippen molar-refractivity contribution in [1.29, 1.82) is 0 Å². The van der Waals surface area contributed by atoms with E-state index in [-0.39, 0.29) is 6.03 Å². The molecule has 0 radical (unpaired) electrons. The van der Waals surface area contributed by atoms with Crippen molar-refractivity contribution in [3.8, 4) is 0 Å². The molecule has 4 heteroatoms. The quantitative estimate of drug-likeness (QED) is 0.796. The highest BCUT2D eigenvalue weighted by molar-refractivity contribution is 5.89. The third-order valence-electron chi connectivity index (χ3n) is 5.06. The molecule has 1 aromatic carbocycles. The van der Waals surface area contributed by atoms with Crippen LogP contribution in [-0.4, -0.2) is 17.7 Å². The molecule has 4 unspecified atom stereocenters. The minimum Gasteiger partial charge on any atom is -0.389 e. The van der Waals surface area contributed by atoms with Crippen molar-refractivity contribution in [3.63, 3.8) is 0 Å². The van der Waals surface area contributed by atoms with E-state index in [2.05, 4.69) is 10.6 Å². The molecular formula is C17H24N2O2. The number of aliphatic hydroxyl groups excluding tert-OH is 1. The molecule has 0 aromatic heterocycles. The third-order valence-corrected chi connectivity index (χ3v) is 5.06. The van der Waals surface area contributed by atoms with Gasteiger partial charge in [-0.05, 0) is 61.6 Å². The summed E-state index contributed by atoms with van der Waals surface area (Å²) < 4.78 is 0. The first-order valence-electron chi connectivity index (χ1n) is 7.94. The Balaban J connectivity index is 1.45. The van der Waals surface area contributed by atoms with E-state index in [1.807, 2.05) is 24.3 Å². The second-order valence-corrected chi connectivity index (χ2v) is 6.57. The van der Waals surface area contributed by atoms with Gasteiger partial charge in [-0.3, -0.25) is 0 Å². The molecule has 21 heavy (non-hydrogen) atoms. The number of amides is 2. The molecule has 2 fully saturated rings. The number of carbonyl (C=O) groups is 1. The summed E-state index contributed by atoms with van der Waals surface area (Å²) in [5, 5.41) is 15.3. The number of nitrogens with one attached hydrogen (secondary N) is 2. The molecule has 114 valence electrons. The molecule has 2 aliphatic carbocycles. The Bertz CT molecular complexity index is 498. The van der Waals surface area contributed by atoms with Gasteiger partial charge in [-0.25, -0.2) is 4.79 Å². The van der Waals surface area contributed by atoms with Crippen LogP contribution in [0.4, 0.5) is 10.5 Å². The van der Waals surface area contributed by atoms with Crippen molar-refractivity contribution < 1.29 is 9.90 Å². The van der Waals surface area contributed by atoms with Gasteiger partial charge < -0.3 is 15.7 Å². The van der Waals surface area contributed by atoms with Crippen LogP contribution in [0.15, 0.2) is 24.3 Å². The van der Waals surface area contributed by atoms with Gasteiger partial charge >= 0.3 is 6.03 Å². The number of hydrogen-bond donors (Lipinski definition) is 3. The van der Waals surface area contributed by atoms with Crippen molar-refractivity contribution in [2.75, 3.05) is 11.9 Å². The Morgan fingerprint density at radius 3 is 2.62 bits per heavy atom. The van der Waals surface area contributed by atoms with Crippen LogP contribution >= 0.6 is 0 Å². The zero-order valence-corrected chi connectivity index (χ0v) is 12.5. The highest BCUT2D eigenvalue weighted by atomic mass is 16.3. The summed E-state index contributed by atoms with van der Waals surface area (Å²) in [6.07, 6.45) is 4.91. The maximum Gasteiger partial charge on any atom is 0.319 e. The van der Waals surface area contributed by atoms with E-state index < -0.39 is 6.10 Å². The van der Waals surface area contributed by atoms with Gasteiger partial charge in [-0.2, -0.15) is 0 Å². The number of carbonyl (C=O) groups excluding carboxylic acids is 1. The molecule has 4 nitrogen and oxygen atoms in total. The highest BCUT2D eigenvalue weighted by Gasteiger charge is 2.39. The summed E-state index contributed by atoms with van der Waals surface area (Å²) in [5.74, 6) is 2.42. The van der Waals surface area contributed by atoms with Crippen molar-refractivity contribution in [2.24, 2.45) is 17.8 Å². The van der Waals surface area contributed by atoms with Crippen LogP contribution < -0.4 is 10.6 Å². The van der Waals surface area contributed by atoms with Crippen molar-refractivity contribution in [2.45, 2.75) is 38.7 Å². The summed E-state index contributed by atoms with van der Waals surface area (Å²) in [4.78, 5) is 11.9. The largest absolute Gasteiger partial charge is 0.389 e. The summed E-state index contributed by atoms with van der Waals surface area (Å²) in [7, 11) is 0. The first-order valence-corrected chi connectivity index (χ1v) is 7.94. The monoisotopic (exact) mass is 288 g/mol. The zero-order valence-electron chi connectivity index (χ0n) is 12.5. The van der Waals surface area contributed by atoms with Crippen LogP contribution in [0.2, 0.25) is 0 Å². The van der Waals surface area contributed by atoms with E-state index in [0.717, 1.165) is 29.6 Å². The average molecular weight is 288 g/mol. The maximum atomic E-state index is 11.9. The van der Waals surface area contributed by atoms with E-state index in [4.69, 9.17) is 0 Å². The Kier molecular flexibility index (Phi) is 4.15. The summed E-state index contributed by atoms with van der Waals surface area (Å²) in [6, 6.07) is 7.16. The van der Waals surface area contributed by atoms with Gasteiger partial charge in [0.2, 0.25) is 0 Å². The predicted molar refractivity (Wildman–Crippen MR) is 83.0 cm³/mol. The second kappa shape index (κ2) is 6.06. The molecule has 2 aliphatic rings. The smallest absolute Gasteiger partial charge is 0.319 e. The fourth-order valence-electron chi connectivity index (χ4n) is 3.87. The first-order chi connectivity index (χ1) is 10.1. The molecule has 0 saturated heterocycles. The van der Waals surface area contributed by atoms with Gasteiger partial charge in [0, 0.05) is 12.2 Å². The summed E-state index contributed by atoms with van der Waals surface area (Å²) in [5.41, 5.74) is 1.60. The van der Waals surface area contributed by atoms with E-state index >= 15 is 0 Å². The molecule has 3 rings (SSSR count). The minimum absolute atomic E-state index is 0.137. The number of aliphatic hydroxyl groups is 1. The van der Waals surface area contributed by atoms with E-state index in [1.54, 1.807) is 6.92 Å². The zero-order chi connectivity index (χ0) is 14.8. The number of fused-ring (bicyclic) bond motifs is 2. The standard InChI is InChI=1S/C17H24N2O2/c1-11(20)13-4-6-16(7-5-13)19-17(21)18-10-15-9-12-2-3-14(15)8-12/h4-7,11-12,14-15,20H,2-3,8-10H2,1H3,(H2,18,19,21). The predicted octanol–water partition coefficient (Wildman–Crippen LogP) is 3.30. The Hall–Kier alpha value is -1.55. The molecule has 0 heterocycles. The van der Waals surface area contributed by atoms with Gasteiger partial charge in [0.25, 0.3) is 0 Å². The van der Waals surface area contributed by atoms with Crippen LogP contribution in [0.3, 0.4) is 0 Å². The maximum absolute atomic E-state index is 11.9. The van der Waals surface area contributed by atoms with Gasteiger partial charge in [0.05, 0.1) is 6.10 Å². The molecule has 2 amide bonds. The molecule has 4 atom stereocenters. The SMILES string of the molecule is CC(O)c1ccc(NC(=O)NCC2CC3CCC2C3)cc1. The summed E-state index contributed by atoms with van der Waals surface area (Å²) in [6.45, 7) is 2.52. The third kappa shape index (κ3) is 3.38. The Morgan fingerprint density at radius 1 is 1.29 bits per heavy atom. The van der Waals surface area contributed by atoms with Crippen LogP contribution in [0, 0.1) is 17.8 Å². The van der Waals surface area contributed by atoms with Crippen molar-refractivity contribution in [1.82, 2.24) is 5.32 Å². The topological polar surface area (TPSA) is 61.4 Å². The number of benzene rings is 1. The Labute approximate surface area is 125 Å². The average Bonchev–Trinajstić information content (AvgIpc) is 3.08. The van der Waals surface area contributed by atoms with Crippen molar-refractivity contribution >= 4 is 11.7 Å². The molecule has 0 aliphatic heterocycles. The lowest BCUT2D eigenvalue weighted by Crippen LogP contribution is -2.34. The van der Waals surface area contributed by atoms with Crippen molar-refractivity contribution in [3.05, 3.63) is 29.8 Å². The number of urea groups is 1. The van der Waals surface area contributed by atoms with Crippen LogP contribution in [-0.2, 0) is 0 Å². The number of hydrogen-bond acceptors (Lipinski definition) is 2. The van der Waals surface area contributed by atoms with Crippen LogP contribution in [0.1, 0.15) is 44.3 Å². The lowest BCUT2D eigenvalue weighted by molar-refractivity contribution is 0.199. The number of anilines is 1. The van der Waals surface area contributed by atoms with Crippen LogP contribution in [0.5, 0.6) is 0 Å². The van der Waals surface area contributed by atoms with E-state index in [0.29, 0.717) is 5.92 Å². The summed E-state index contributed by atoms with van der Waals surface area (Å²) >= 11 is 0. The second-order valence-electron chi connectivity index (χ2n) is 6.57. The fourth-order valence-corrected chi connectivity index (χ4v) is 3.87. The molecule has 3 N–H and O–H groups in total. The van der Waals surface area contributed by atoms with E-state index in [9.17, 15) is 9.90 Å². The lowest BCUT2D eigenvalue weighted by Gasteiger charge is -2.21. The molecule has 0 spiro atoms. The molecule has 2 bridgehead atoms. The lowest BCUT2D eigenvalue weighted by atomic mass is 9.89. The van der Waals surface area contributed by atoms with Crippen LogP contribution in [0.25, 0.3) is 0 Å². The van der Waals surface area contributed by atoms with Gasteiger partial charge in [-0.15, -0.1) is 0 Å². The van der Waals surface area contributed by atoms with Gasteiger partial charge in [0.15, 0.2) is 0 Å². The Morgan fingerprint density at radius 2 is 2.05 bits per heavy atom. The van der Waals surface area contributed by atoms with E-state index in [1.165, 1.54) is 25.7 Å². The van der Waals surface area contributed by atoms with Gasteiger partial charge in [-0.1, -0.05) is 18.6 Å². The molecular weight excluding hydrogens is 264 g/mol. The molecule has 2 saturated carbocycles. The number of rotatable bonds is 4. The minimum atomic E-state index is -0.481. The highest BCUT2D eigenvalue weighted by Crippen LogP contribution is 2.47. The first kappa shape index (κ1) is 14.4.